The normalized spacial score (nSPS) is 15.2. The fourth-order valence-corrected chi connectivity index (χ4v) is 5.74. The number of sulfone groups is 1. The summed E-state index contributed by atoms with van der Waals surface area (Å²) in [7, 11) is -3.78. The Morgan fingerprint density at radius 1 is 1.06 bits per heavy atom. The number of nitrogens with zero attached hydrogens (tertiary/aromatic N) is 2. The van der Waals surface area contributed by atoms with Gasteiger partial charge in [0.15, 0.2) is 9.84 Å². The van der Waals surface area contributed by atoms with Crippen molar-refractivity contribution in [2.24, 2.45) is 11.7 Å². The first-order valence-electron chi connectivity index (χ1n) is 10.4. The number of piperidine rings is 1. The molecule has 1 fully saturated rings. The Balaban J connectivity index is 1.59. The van der Waals surface area contributed by atoms with E-state index in [-0.39, 0.29) is 34.9 Å². The van der Waals surface area contributed by atoms with Crippen molar-refractivity contribution in [1.82, 2.24) is 9.47 Å². The average molecular weight is 458 g/mol. The Morgan fingerprint density at radius 3 is 2.47 bits per heavy atom. The van der Waals surface area contributed by atoms with Crippen LogP contribution >= 0.6 is 0 Å². The lowest BCUT2D eigenvalue weighted by Gasteiger charge is -2.30. The van der Waals surface area contributed by atoms with Gasteiger partial charge in [-0.1, -0.05) is 30.3 Å². The lowest BCUT2D eigenvalue weighted by molar-refractivity contribution is -0.135. The largest absolute Gasteiger partial charge is 0.369 e. The first-order chi connectivity index (χ1) is 15.2. The number of halogens is 1. The Labute approximate surface area is 185 Å². The molecule has 4 rings (SSSR count). The molecule has 1 saturated heterocycles. The highest BCUT2D eigenvalue weighted by Gasteiger charge is 2.27. The number of likely N-dealkylation sites (tertiary alicyclic amines) is 1. The molecule has 1 aliphatic heterocycles. The van der Waals surface area contributed by atoms with Gasteiger partial charge in [0.1, 0.15) is 12.4 Å². The Kier molecular flexibility index (Phi) is 6.01. The lowest BCUT2D eigenvalue weighted by atomic mass is 9.96. The van der Waals surface area contributed by atoms with Crippen LogP contribution in [0.1, 0.15) is 18.4 Å². The summed E-state index contributed by atoms with van der Waals surface area (Å²) in [6.45, 7) is 0.865. The highest BCUT2D eigenvalue weighted by Crippen LogP contribution is 2.28. The van der Waals surface area contributed by atoms with Gasteiger partial charge < -0.3 is 15.2 Å². The molecule has 9 heteroatoms. The number of carbonyl (C=O) groups is 2. The molecule has 0 bridgehead atoms. The molecule has 0 radical (unpaired) electrons. The van der Waals surface area contributed by atoms with Crippen LogP contribution in [0.5, 0.6) is 0 Å². The van der Waals surface area contributed by atoms with Crippen molar-refractivity contribution in [1.29, 1.82) is 0 Å². The van der Waals surface area contributed by atoms with Crippen molar-refractivity contribution in [2.75, 3.05) is 13.1 Å². The molecule has 0 aliphatic carbocycles. The van der Waals surface area contributed by atoms with E-state index in [0.717, 1.165) is 0 Å². The molecule has 7 nitrogen and oxygen atoms in total. The summed E-state index contributed by atoms with van der Waals surface area (Å²) >= 11 is 0. The van der Waals surface area contributed by atoms with Crippen molar-refractivity contribution >= 4 is 32.6 Å². The van der Waals surface area contributed by atoms with E-state index in [1.54, 1.807) is 39.8 Å². The monoisotopic (exact) mass is 457 g/mol. The zero-order valence-electron chi connectivity index (χ0n) is 17.4. The second kappa shape index (κ2) is 8.74. The summed E-state index contributed by atoms with van der Waals surface area (Å²) in [5, 5.41) is 0.518. The number of hydrogen-bond donors (Lipinski definition) is 1. The van der Waals surface area contributed by atoms with Gasteiger partial charge in [0.25, 0.3) is 0 Å². The van der Waals surface area contributed by atoms with Gasteiger partial charge >= 0.3 is 0 Å². The number of benzene rings is 2. The van der Waals surface area contributed by atoms with E-state index in [9.17, 15) is 22.4 Å². The first-order valence-corrected chi connectivity index (χ1v) is 12.0. The molecule has 2 heterocycles. The van der Waals surface area contributed by atoms with Crippen LogP contribution in [0, 0.1) is 11.7 Å². The zero-order valence-corrected chi connectivity index (χ0v) is 18.2. The second-order valence-electron chi connectivity index (χ2n) is 8.08. The molecule has 0 spiro atoms. The first kappa shape index (κ1) is 22.0. The lowest BCUT2D eigenvalue weighted by Crippen LogP contribution is -2.42. The van der Waals surface area contributed by atoms with Crippen molar-refractivity contribution in [2.45, 2.75) is 30.0 Å². The summed E-state index contributed by atoms with van der Waals surface area (Å²) in [6, 6.07) is 12.5. The molecule has 2 amide bonds. The van der Waals surface area contributed by atoms with E-state index in [4.69, 9.17) is 5.73 Å². The maximum Gasteiger partial charge on any atom is 0.242 e. The summed E-state index contributed by atoms with van der Waals surface area (Å²) < 4.78 is 41.5. The molecule has 0 unspecified atom stereocenters. The van der Waals surface area contributed by atoms with Crippen LogP contribution in [-0.4, -0.2) is 42.8 Å². The van der Waals surface area contributed by atoms with Gasteiger partial charge in [0.05, 0.1) is 10.6 Å². The van der Waals surface area contributed by atoms with E-state index in [1.165, 1.54) is 24.4 Å². The fourth-order valence-electron chi connectivity index (χ4n) is 4.17. The zero-order chi connectivity index (χ0) is 22.9. The van der Waals surface area contributed by atoms with E-state index >= 15 is 0 Å². The fraction of sp³-hybridized carbons (Fsp3) is 0.304. The number of hydrogen-bond acceptors (Lipinski definition) is 4. The summed E-state index contributed by atoms with van der Waals surface area (Å²) in [4.78, 5) is 26.0. The second-order valence-corrected chi connectivity index (χ2v) is 10.0. The van der Waals surface area contributed by atoms with Gasteiger partial charge in [-0.15, -0.1) is 0 Å². The predicted octanol–water partition coefficient (Wildman–Crippen LogP) is 2.48. The van der Waals surface area contributed by atoms with E-state index in [0.29, 0.717) is 42.4 Å². The maximum absolute atomic E-state index is 13.5. The molecule has 1 aromatic heterocycles. The van der Waals surface area contributed by atoms with Crippen LogP contribution in [0.25, 0.3) is 10.9 Å². The molecule has 0 saturated carbocycles. The Morgan fingerprint density at radius 2 is 1.78 bits per heavy atom. The average Bonchev–Trinajstić information content (AvgIpc) is 3.13. The van der Waals surface area contributed by atoms with Crippen molar-refractivity contribution in [3.63, 3.8) is 0 Å². The number of carbonyl (C=O) groups excluding carboxylic acids is 2. The standard InChI is InChI=1S/C23H24FN3O4S/c24-18-5-3-4-16(12-18)15-32(30,31)21-13-27(20-7-2-1-6-19(20)21)14-22(28)26-10-8-17(9-11-26)23(25)29/h1-7,12-13,17H,8-11,14-15H2,(H2,25,29). The minimum atomic E-state index is -3.78. The molecule has 1 aliphatic rings. The van der Waals surface area contributed by atoms with Crippen LogP contribution in [-0.2, 0) is 31.7 Å². The van der Waals surface area contributed by atoms with Crippen molar-refractivity contribution in [3.8, 4) is 0 Å². The number of aromatic nitrogens is 1. The summed E-state index contributed by atoms with van der Waals surface area (Å²) in [6.07, 6.45) is 2.54. The van der Waals surface area contributed by atoms with Gasteiger partial charge in [-0.25, -0.2) is 12.8 Å². The number of amides is 2. The smallest absolute Gasteiger partial charge is 0.242 e. The molecule has 168 valence electrons. The number of para-hydroxylation sites is 1. The Hall–Kier alpha value is -3.20. The summed E-state index contributed by atoms with van der Waals surface area (Å²) in [5.74, 6) is -1.55. The van der Waals surface area contributed by atoms with Gasteiger partial charge in [-0.2, -0.15) is 0 Å². The van der Waals surface area contributed by atoms with Crippen LogP contribution in [0.4, 0.5) is 4.39 Å². The highest BCUT2D eigenvalue weighted by atomic mass is 32.2. The molecule has 2 aromatic carbocycles. The van der Waals surface area contributed by atoms with Crippen LogP contribution in [0.15, 0.2) is 59.6 Å². The molecule has 0 atom stereocenters. The third-order valence-corrected chi connectivity index (χ3v) is 7.60. The molecular formula is C23H24FN3O4S. The van der Waals surface area contributed by atoms with E-state index < -0.39 is 15.7 Å². The molecule has 32 heavy (non-hydrogen) atoms. The van der Waals surface area contributed by atoms with Crippen LogP contribution in [0.3, 0.4) is 0 Å². The van der Waals surface area contributed by atoms with Gasteiger partial charge in [-0.05, 0) is 36.6 Å². The van der Waals surface area contributed by atoms with Gasteiger partial charge in [0, 0.05) is 36.1 Å². The van der Waals surface area contributed by atoms with Crippen LogP contribution in [0.2, 0.25) is 0 Å². The predicted molar refractivity (Wildman–Crippen MR) is 118 cm³/mol. The number of nitrogens with two attached hydrogens (primary N) is 1. The maximum atomic E-state index is 13.5. The van der Waals surface area contributed by atoms with E-state index in [1.807, 2.05) is 0 Å². The van der Waals surface area contributed by atoms with E-state index in [2.05, 4.69) is 0 Å². The number of rotatable bonds is 6. The summed E-state index contributed by atoms with van der Waals surface area (Å²) in [5.41, 5.74) is 6.34. The third kappa shape index (κ3) is 4.52. The highest BCUT2D eigenvalue weighted by molar-refractivity contribution is 7.90. The van der Waals surface area contributed by atoms with Gasteiger partial charge in [-0.3, -0.25) is 9.59 Å². The Bertz CT molecular complexity index is 1280. The SMILES string of the molecule is NC(=O)C1CCN(C(=O)Cn2cc(S(=O)(=O)Cc3cccc(F)c3)c3ccccc32)CC1. The molecule has 3 aromatic rings. The third-order valence-electron chi connectivity index (χ3n) is 5.89. The van der Waals surface area contributed by atoms with Crippen LogP contribution < -0.4 is 5.73 Å². The van der Waals surface area contributed by atoms with Gasteiger partial charge in [0.2, 0.25) is 11.8 Å². The van der Waals surface area contributed by atoms with Crippen molar-refractivity contribution < 1.29 is 22.4 Å². The number of fused-ring (bicyclic) bond motifs is 1. The topological polar surface area (TPSA) is 102 Å². The minimum absolute atomic E-state index is 0.0166. The number of primary amides is 1. The quantitative estimate of drug-likeness (QED) is 0.614. The molecule has 2 N–H and O–H groups in total. The molecular weight excluding hydrogens is 433 g/mol. The minimum Gasteiger partial charge on any atom is -0.369 e. The van der Waals surface area contributed by atoms with Crippen molar-refractivity contribution in [3.05, 3.63) is 66.1 Å².